The van der Waals surface area contributed by atoms with Gasteiger partial charge in [0, 0.05) is 12.7 Å². The molecule has 0 aliphatic rings. The van der Waals surface area contributed by atoms with E-state index in [1.54, 1.807) is 12.3 Å². The van der Waals surface area contributed by atoms with Crippen LogP contribution in [0.15, 0.2) is 42.6 Å². The lowest BCUT2D eigenvalue weighted by Gasteiger charge is -2.04. The number of hydrogen-bond donors (Lipinski definition) is 1. The molecule has 0 bridgehead atoms. The molecule has 0 atom stereocenters. The lowest BCUT2D eigenvalue weighted by Crippen LogP contribution is -2.04. The van der Waals surface area contributed by atoms with Crippen molar-refractivity contribution >= 4 is 12.2 Å². The fourth-order valence-electron chi connectivity index (χ4n) is 1.30. The van der Waals surface area contributed by atoms with Gasteiger partial charge in [0.25, 0.3) is 0 Å². The van der Waals surface area contributed by atoms with Gasteiger partial charge in [0.1, 0.15) is 5.69 Å². The van der Waals surface area contributed by atoms with Crippen molar-refractivity contribution in [2.75, 3.05) is 5.32 Å². The third kappa shape index (κ3) is 2.63. The van der Waals surface area contributed by atoms with E-state index in [4.69, 9.17) is 0 Å². The van der Waals surface area contributed by atoms with E-state index < -0.39 is 0 Å². The first kappa shape index (κ1) is 10.3. The molecule has 2 rings (SSSR count). The van der Waals surface area contributed by atoms with Gasteiger partial charge in [0.05, 0.1) is 0 Å². The molecule has 1 N–H and O–H groups in total. The van der Waals surface area contributed by atoms with Crippen molar-refractivity contribution in [3.05, 3.63) is 53.9 Å². The molecule has 4 nitrogen and oxygen atoms in total. The quantitative estimate of drug-likeness (QED) is 0.788. The summed E-state index contributed by atoms with van der Waals surface area (Å²) in [5, 5.41) is 3.05. The van der Waals surface area contributed by atoms with E-state index in [1.165, 1.54) is 0 Å². The molecule has 1 aromatic carbocycles. The molecule has 0 spiro atoms. The van der Waals surface area contributed by atoms with Crippen LogP contribution in [-0.2, 0) is 6.54 Å². The average Bonchev–Trinajstić information content (AvgIpc) is 2.38. The molecule has 0 saturated carbocycles. The Kier molecular flexibility index (Phi) is 3.23. The zero-order valence-corrected chi connectivity index (χ0v) is 8.63. The number of aromatic nitrogens is 2. The van der Waals surface area contributed by atoms with Gasteiger partial charge in [-0.3, -0.25) is 4.79 Å². The second kappa shape index (κ2) is 5.02. The van der Waals surface area contributed by atoms with Gasteiger partial charge < -0.3 is 5.32 Å². The van der Waals surface area contributed by atoms with E-state index >= 15 is 0 Å². The van der Waals surface area contributed by atoms with Crippen LogP contribution in [0.3, 0.4) is 0 Å². The number of aldehydes is 1. The average molecular weight is 213 g/mol. The Labute approximate surface area is 93.4 Å². The van der Waals surface area contributed by atoms with Crippen molar-refractivity contribution in [3.8, 4) is 0 Å². The number of carbonyl (C=O) groups is 1. The Morgan fingerprint density at radius 3 is 2.75 bits per heavy atom. The van der Waals surface area contributed by atoms with Crippen LogP contribution in [0.4, 0.5) is 5.95 Å². The maximum absolute atomic E-state index is 10.5. The molecule has 0 aliphatic heterocycles. The highest BCUT2D eigenvalue weighted by atomic mass is 16.1. The molecular formula is C12H11N3O. The summed E-state index contributed by atoms with van der Waals surface area (Å²) in [5.74, 6) is 0.466. The number of hydrogen-bond acceptors (Lipinski definition) is 4. The fraction of sp³-hybridized carbons (Fsp3) is 0.0833. The Morgan fingerprint density at radius 1 is 1.19 bits per heavy atom. The predicted octanol–water partition coefficient (Wildman–Crippen LogP) is 1.90. The van der Waals surface area contributed by atoms with Crippen molar-refractivity contribution in [1.29, 1.82) is 0 Å². The summed E-state index contributed by atoms with van der Waals surface area (Å²) in [4.78, 5) is 18.6. The monoisotopic (exact) mass is 213 g/mol. The molecule has 2 aromatic rings. The third-order valence-electron chi connectivity index (χ3n) is 2.09. The molecule has 0 unspecified atom stereocenters. The first-order chi connectivity index (χ1) is 7.88. The molecule has 4 heteroatoms. The number of carbonyl (C=O) groups excluding carboxylic acids is 1. The van der Waals surface area contributed by atoms with Crippen molar-refractivity contribution in [3.63, 3.8) is 0 Å². The second-order valence-electron chi connectivity index (χ2n) is 3.26. The molecule has 80 valence electrons. The molecular weight excluding hydrogens is 202 g/mol. The molecule has 1 heterocycles. The summed E-state index contributed by atoms with van der Waals surface area (Å²) in [6.07, 6.45) is 2.26. The van der Waals surface area contributed by atoms with Crippen LogP contribution in [-0.4, -0.2) is 16.3 Å². The summed E-state index contributed by atoms with van der Waals surface area (Å²) in [6.45, 7) is 0.642. The summed E-state index contributed by atoms with van der Waals surface area (Å²) in [7, 11) is 0. The van der Waals surface area contributed by atoms with Crippen molar-refractivity contribution in [2.45, 2.75) is 6.54 Å². The second-order valence-corrected chi connectivity index (χ2v) is 3.26. The molecule has 1 aromatic heterocycles. The Bertz CT molecular complexity index is 471. The predicted molar refractivity (Wildman–Crippen MR) is 61.2 cm³/mol. The highest BCUT2D eigenvalue weighted by Gasteiger charge is 1.97. The highest BCUT2D eigenvalue weighted by molar-refractivity contribution is 5.71. The van der Waals surface area contributed by atoms with Crippen LogP contribution >= 0.6 is 0 Å². The van der Waals surface area contributed by atoms with Crippen LogP contribution in [0.25, 0.3) is 0 Å². The van der Waals surface area contributed by atoms with Gasteiger partial charge in [-0.2, -0.15) is 0 Å². The van der Waals surface area contributed by atoms with Crippen LogP contribution in [0.1, 0.15) is 16.1 Å². The molecule has 0 amide bonds. The van der Waals surface area contributed by atoms with Gasteiger partial charge in [0.2, 0.25) is 5.95 Å². The number of nitrogens with zero attached hydrogens (tertiary/aromatic N) is 2. The van der Waals surface area contributed by atoms with E-state index in [-0.39, 0.29) is 0 Å². The minimum Gasteiger partial charge on any atom is -0.350 e. The van der Waals surface area contributed by atoms with E-state index in [0.29, 0.717) is 24.5 Å². The zero-order chi connectivity index (χ0) is 11.2. The first-order valence-electron chi connectivity index (χ1n) is 4.94. The minimum absolute atomic E-state index is 0.380. The van der Waals surface area contributed by atoms with Gasteiger partial charge in [-0.25, -0.2) is 9.97 Å². The summed E-state index contributed by atoms with van der Waals surface area (Å²) >= 11 is 0. The Hall–Kier alpha value is -2.23. The molecule has 0 radical (unpaired) electrons. The molecule has 0 aliphatic carbocycles. The van der Waals surface area contributed by atoms with Gasteiger partial charge in [-0.15, -0.1) is 0 Å². The maximum atomic E-state index is 10.5. The highest BCUT2D eigenvalue weighted by Crippen LogP contribution is 2.03. The molecule has 0 saturated heterocycles. The standard InChI is InChI=1S/C12H11N3O/c16-9-11-6-7-13-12(15-11)14-8-10-4-2-1-3-5-10/h1-7,9H,8H2,(H,13,14,15). The SMILES string of the molecule is O=Cc1ccnc(NCc2ccccc2)n1. The summed E-state index contributed by atoms with van der Waals surface area (Å²) in [5.41, 5.74) is 1.52. The largest absolute Gasteiger partial charge is 0.350 e. The van der Waals surface area contributed by atoms with Crippen molar-refractivity contribution < 1.29 is 4.79 Å². The normalized spacial score (nSPS) is 9.75. The number of nitrogens with one attached hydrogen (secondary N) is 1. The lowest BCUT2D eigenvalue weighted by molar-refractivity contribution is 0.111. The van der Waals surface area contributed by atoms with Gasteiger partial charge in [0.15, 0.2) is 6.29 Å². The van der Waals surface area contributed by atoms with E-state index in [1.807, 2.05) is 30.3 Å². The number of benzene rings is 1. The Morgan fingerprint density at radius 2 is 2.00 bits per heavy atom. The van der Waals surface area contributed by atoms with Crippen molar-refractivity contribution in [1.82, 2.24) is 9.97 Å². The van der Waals surface area contributed by atoms with Crippen molar-refractivity contribution in [2.24, 2.45) is 0 Å². The lowest BCUT2D eigenvalue weighted by atomic mass is 10.2. The maximum Gasteiger partial charge on any atom is 0.223 e. The van der Waals surface area contributed by atoms with E-state index in [9.17, 15) is 4.79 Å². The third-order valence-corrected chi connectivity index (χ3v) is 2.09. The van der Waals surface area contributed by atoms with E-state index in [0.717, 1.165) is 5.56 Å². The van der Waals surface area contributed by atoms with Crippen LogP contribution in [0, 0.1) is 0 Å². The van der Waals surface area contributed by atoms with Gasteiger partial charge >= 0.3 is 0 Å². The summed E-state index contributed by atoms with van der Waals surface area (Å²) in [6, 6.07) is 11.5. The van der Waals surface area contributed by atoms with Crippen LogP contribution < -0.4 is 5.32 Å². The topological polar surface area (TPSA) is 54.9 Å². The minimum atomic E-state index is 0.380. The van der Waals surface area contributed by atoms with E-state index in [2.05, 4.69) is 15.3 Å². The van der Waals surface area contributed by atoms with Crippen LogP contribution in [0.5, 0.6) is 0 Å². The van der Waals surface area contributed by atoms with Gasteiger partial charge in [-0.05, 0) is 11.6 Å². The zero-order valence-electron chi connectivity index (χ0n) is 8.63. The van der Waals surface area contributed by atoms with Gasteiger partial charge in [-0.1, -0.05) is 30.3 Å². The molecule has 0 fully saturated rings. The number of rotatable bonds is 4. The first-order valence-corrected chi connectivity index (χ1v) is 4.94. The smallest absolute Gasteiger partial charge is 0.223 e. The summed E-state index contributed by atoms with van der Waals surface area (Å²) < 4.78 is 0. The van der Waals surface area contributed by atoms with Crippen LogP contribution in [0.2, 0.25) is 0 Å². The number of anilines is 1. The fourth-order valence-corrected chi connectivity index (χ4v) is 1.30. The Balaban J connectivity index is 2.02. The molecule has 16 heavy (non-hydrogen) atoms.